The predicted molar refractivity (Wildman–Crippen MR) is 56.2 cm³/mol. The molecule has 0 spiro atoms. The molecule has 0 amide bonds. The molecule has 2 rings (SSSR count). The fourth-order valence-electron chi connectivity index (χ4n) is 1.04. The van der Waals surface area contributed by atoms with Crippen LogP contribution in [0.3, 0.4) is 0 Å². The molecule has 0 bridgehead atoms. The monoisotopic (exact) mass is 262 g/mol. The molecule has 0 aliphatic carbocycles. The van der Waals surface area contributed by atoms with Gasteiger partial charge in [-0.1, -0.05) is 11.6 Å². The Morgan fingerprint density at radius 2 is 2.25 bits per heavy atom. The van der Waals surface area contributed by atoms with Gasteiger partial charge in [-0.15, -0.1) is 11.3 Å². The minimum Gasteiger partial charge on any atom is -0.505 e. The van der Waals surface area contributed by atoms with Gasteiger partial charge in [0.15, 0.2) is 0 Å². The lowest BCUT2D eigenvalue weighted by atomic mass is 10.2. The van der Waals surface area contributed by atoms with Crippen LogP contribution in [0.15, 0.2) is 22.0 Å². The molecular formula is C8H4BrClOS. The van der Waals surface area contributed by atoms with Crippen molar-refractivity contribution in [2.45, 2.75) is 0 Å². The number of fused-ring (bicyclic) bond motifs is 1. The standard InChI is InChI=1S/C8H4BrClOS/c9-6-5(10)3-4-1-2-12-8(4)7(6)11/h1-3,11H. The van der Waals surface area contributed by atoms with Crippen LogP contribution in [0.4, 0.5) is 0 Å². The topological polar surface area (TPSA) is 20.2 Å². The van der Waals surface area contributed by atoms with E-state index in [4.69, 9.17) is 11.6 Å². The van der Waals surface area contributed by atoms with E-state index in [1.807, 2.05) is 17.5 Å². The molecule has 12 heavy (non-hydrogen) atoms. The molecule has 0 aliphatic rings. The second-order valence-corrected chi connectivity index (χ2v) is 4.48. The van der Waals surface area contributed by atoms with Crippen molar-refractivity contribution in [3.05, 3.63) is 27.0 Å². The summed E-state index contributed by atoms with van der Waals surface area (Å²) < 4.78 is 1.44. The maximum atomic E-state index is 9.61. The molecule has 0 radical (unpaired) electrons. The van der Waals surface area contributed by atoms with E-state index in [9.17, 15) is 5.11 Å². The summed E-state index contributed by atoms with van der Waals surface area (Å²) in [5.74, 6) is 0.229. The molecule has 1 aromatic heterocycles. The first-order chi connectivity index (χ1) is 5.70. The molecule has 0 saturated heterocycles. The average molecular weight is 264 g/mol. The Morgan fingerprint density at radius 1 is 1.50 bits per heavy atom. The Morgan fingerprint density at radius 3 is 3.00 bits per heavy atom. The van der Waals surface area contributed by atoms with E-state index in [0.29, 0.717) is 9.50 Å². The van der Waals surface area contributed by atoms with E-state index in [2.05, 4.69) is 15.9 Å². The van der Waals surface area contributed by atoms with Gasteiger partial charge in [0, 0.05) is 0 Å². The maximum Gasteiger partial charge on any atom is 0.149 e. The zero-order valence-corrected chi connectivity index (χ0v) is 9.00. The van der Waals surface area contributed by atoms with Gasteiger partial charge in [-0.05, 0) is 38.8 Å². The van der Waals surface area contributed by atoms with Crippen LogP contribution in [-0.4, -0.2) is 5.11 Å². The normalized spacial score (nSPS) is 10.8. The highest BCUT2D eigenvalue weighted by Crippen LogP contribution is 2.40. The van der Waals surface area contributed by atoms with E-state index < -0.39 is 0 Å². The van der Waals surface area contributed by atoms with E-state index in [0.717, 1.165) is 10.1 Å². The number of hydrogen-bond acceptors (Lipinski definition) is 2. The molecule has 0 aliphatic heterocycles. The third-order valence-electron chi connectivity index (χ3n) is 1.61. The summed E-state index contributed by atoms with van der Waals surface area (Å²) in [7, 11) is 0. The predicted octanol–water partition coefficient (Wildman–Crippen LogP) is 4.02. The van der Waals surface area contributed by atoms with E-state index in [1.54, 1.807) is 0 Å². The molecule has 0 unspecified atom stereocenters. The zero-order chi connectivity index (χ0) is 8.72. The van der Waals surface area contributed by atoms with Crippen molar-refractivity contribution in [3.8, 4) is 5.75 Å². The Bertz CT molecular complexity index is 438. The first kappa shape index (κ1) is 8.35. The average Bonchev–Trinajstić information content (AvgIpc) is 2.48. The number of rotatable bonds is 0. The fourth-order valence-corrected chi connectivity index (χ4v) is 2.52. The van der Waals surface area contributed by atoms with Gasteiger partial charge in [0.05, 0.1) is 14.2 Å². The van der Waals surface area contributed by atoms with Crippen molar-refractivity contribution in [2.75, 3.05) is 0 Å². The second kappa shape index (κ2) is 2.91. The lowest BCUT2D eigenvalue weighted by molar-refractivity contribution is 0.479. The Balaban J connectivity index is 2.94. The van der Waals surface area contributed by atoms with Gasteiger partial charge in [-0.25, -0.2) is 0 Å². The second-order valence-electron chi connectivity index (χ2n) is 2.36. The Hall–Kier alpha value is -0.250. The molecule has 4 heteroatoms. The molecule has 2 aromatic rings. The lowest BCUT2D eigenvalue weighted by Crippen LogP contribution is -1.71. The van der Waals surface area contributed by atoms with Gasteiger partial charge in [-0.3, -0.25) is 0 Å². The van der Waals surface area contributed by atoms with Crippen LogP contribution >= 0.6 is 38.9 Å². The van der Waals surface area contributed by atoms with Gasteiger partial charge < -0.3 is 5.11 Å². The van der Waals surface area contributed by atoms with Gasteiger partial charge >= 0.3 is 0 Å². The third kappa shape index (κ3) is 1.13. The number of thiophene rings is 1. The van der Waals surface area contributed by atoms with Crippen LogP contribution < -0.4 is 0 Å². The minimum atomic E-state index is 0.229. The maximum absolute atomic E-state index is 9.61. The number of halogens is 2. The number of aromatic hydroxyl groups is 1. The first-order valence-corrected chi connectivity index (χ1v) is 5.29. The number of benzene rings is 1. The molecule has 1 aromatic carbocycles. The van der Waals surface area contributed by atoms with Crippen molar-refractivity contribution in [1.82, 2.24) is 0 Å². The summed E-state index contributed by atoms with van der Waals surface area (Å²) in [4.78, 5) is 0. The van der Waals surface area contributed by atoms with Crippen molar-refractivity contribution in [3.63, 3.8) is 0 Å². The fraction of sp³-hybridized carbons (Fsp3) is 0. The van der Waals surface area contributed by atoms with Crippen LogP contribution in [0.1, 0.15) is 0 Å². The molecule has 1 N–H and O–H groups in total. The van der Waals surface area contributed by atoms with Crippen molar-refractivity contribution >= 4 is 49.0 Å². The molecule has 0 saturated carbocycles. The van der Waals surface area contributed by atoms with Crippen LogP contribution in [0, 0.1) is 0 Å². The van der Waals surface area contributed by atoms with E-state index in [-0.39, 0.29) is 5.75 Å². The lowest BCUT2D eigenvalue weighted by Gasteiger charge is -2.00. The highest BCUT2D eigenvalue weighted by molar-refractivity contribution is 9.10. The van der Waals surface area contributed by atoms with Crippen molar-refractivity contribution in [1.29, 1.82) is 0 Å². The summed E-state index contributed by atoms with van der Waals surface area (Å²) in [6.45, 7) is 0. The number of hydrogen-bond donors (Lipinski definition) is 1. The first-order valence-electron chi connectivity index (χ1n) is 3.24. The highest BCUT2D eigenvalue weighted by atomic mass is 79.9. The van der Waals surface area contributed by atoms with E-state index in [1.165, 1.54) is 11.3 Å². The van der Waals surface area contributed by atoms with Crippen molar-refractivity contribution < 1.29 is 5.11 Å². The van der Waals surface area contributed by atoms with Crippen LogP contribution in [0.5, 0.6) is 5.75 Å². The largest absolute Gasteiger partial charge is 0.505 e. The quantitative estimate of drug-likeness (QED) is 0.761. The SMILES string of the molecule is Oc1c(Br)c(Cl)cc2ccsc12. The number of phenolic OH excluding ortho intramolecular Hbond substituents is 1. The summed E-state index contributed by atoms with van der Waals surface area (Å²) in [6.07, 6.45) is 0. The molecule has 0 fully saturated rings. The number of phenols is 1. The Labute approximate surface area is 86.7 Å². The van der Waals surface area contributed by atoms with Crippen molar-refractivity contribution in [2.24, 2.45) is 0 Å². The summed E-state index contributed by atoms with van der Waals surface area (Å²) in [6, 6.07) is 3.76. The summed E-state index contributed by atoms with van der Waals surface area (Å²) in [5.41, 5.74) is 0. The van der Waals surface area contributed by atoms with Crippen LogP contribution in [-0.2, 0) is 0 Å². The smallest absolute Gasteiger partial charge is 0.149 e. The molecule has 0 atom stereocenters. The molecular weight excluding hydrogens is 260 g/mol. The molecule has 1 heterocycles. The van der Waals surface area contributed by atoms with E-state index >= 15 is 0 Å². The minimum absolute atomic E-state index is 0.229. The Kier molecular flexibility index (Phi) is 2.02. The van der Waals surface area contributed by atoms with Gasteiger partial charge in [0.25, 0.3) is 0 Å². The van der Waals surface area contributed by atoms with Crippen LogP contribution in [0.2, 0.25) is 5.02 Å². The molecule has 62 valence electrons. The van der Waals surface area contributed by atoms with Crippen LogP contribution in [0.25, 0.3) is 10.1 Å². The summed E-state index contributed by atoms with van der Waals surface area (Å²) in [5, 5.41) is 13.0. The zero-order valence-electron chi connectivity index (χ0n) is 5.84. The molecule has 1 nitrogen and oxygen atoms in total. The van der Waals surface area contributed by atoms with Gasteiger partial charge in [-0.2, -0.15) is 0 Å². The van der Waals surface area contributed by atoms with Gasteiger partial charge in [0.1, 0.15) is 5.75 Å². The third-order valence-corrected chi connectivity index (χ3v) is 3.88. The highest BCUT2D eigenvalue weighted by Gasteiger charge is 2.09. The summed E-state index contributed by atoms with van der Waals surface area (Å²) >= 11 is 10.6. The van der Waals surface area contributed by atoms with Gasteiger partial charge in [0.2, 0.25) is 0 Å².